The fourth-order valence-electron chi connectivity index (χ4n) is 6.13. The van der Waals surface area contributed by atoms with Crippen molar-refractivity contribution in [3.05, 3.63) is 35.9 Å². The molecule has 1 aromatic carbocycles. The normalized spacial score (nSPS) is 33.0. The monoisotopic (exact) mass is 462 g/mol. The Bertz CT molecular complexity index is 691. The first-order valence-electron chi connectivity index (χ1n) is 12.4. The minimum Gasteiger partial charge on any atom is -0.458 e. The number of hydrogen-bond donors (Lipinski definition) is 1. The lowest BCUT2D eigenvalue weighted by molar-refractivity contribution is -0.00724. The van der Waals surface area contributed by atoms with E-state index in [1.807, 2.05) is 30.3 Å². The summed E-state index contributed by atoms with van der Waals surface area (Å²) in [5.74, 6) is 3.66. The summed E-state index contributed by atoms with van der Waals surface area (Å²) < 4.78 is 6.57. The van der Waals surface area contributed by atoms with Crippen molar-refractivity contribution in [3.63, 3.8) is 0 Å². The van der Waals surface area contributed by atoms with E-state index in [4.69, 9.17) is 4.74 Å². The second-order valence-corrected chi connectivity index (χ2v) is 12.3. The van der Waals surface area contributed by atoms with Gasteiger partial charge < -0.3 is 9.84 Å². The van der Waals surface area contributed by atoms with Gasteiger partial charge in [-0.1, -0.05) is 63.6 Å². The van der Waals surface area contributed by atoms with E-state index in [1.54, 1.807) is 0 Å². The van der Waals surface area contributed by atoms with Gasteiger partial charge in [-0.15, -0.1) is 23.5 Å². The number of ether oxygens (including phenoxy) is 1. The Kier molecular flexibility index (Phi) is 8.70. The molecule has 1 N–H and O–H groups in total. The minimum absolute atomic E-state index is 0.103. The second kappa shape index (κ2) is 11.5. The largest absolute Gasteiger partial charge is 0.458 e. The van der Waals surface area contributed by atoms with E-state index in [1.165, 1.54) is 62.9 Å². The number of unbranched alkanes of at least 4 members (excludes halogenated alkanes) is 5. The van der Waals surface area contributed by atoms with Crippen LogP contribution in [0.25, 0.3) is 0 Å². The first-order chi connectivity index (χ1) is 15.2. The van der Waals surface area contributed by atoms with Crippen LogP contribution in [0.2, 0.25) is 0 Å². The number of carbonyl (C=O) groups is 1. The van der Waals surface area contributed by atoms with Gasteiger partial charge in [0.2, 0.25) is 0 Å². The molecule has 4 rings (SSSR count). The van der Waals surface area contributed by atoms with E-state index in [-0.39, 0.29) is 24.1 Å². The zero-order valence-corrected chi connectivity index (χ0v) is 20.4. The first kappa shape index (κ1) is 23.5. The molecular weight excluding hydrogens is 424 g/mol. The first-order valence-corrected chi connectivity index (χ1v) is 14.5. The van der Waals surface area contributed by atoms with E-state index in [2.05, 4.69) is 30.4 Å². The molecule has 3 aliphatic rings. The number of hydrogen-bond acceptors (Lipinski definition) is 5. The molecule has 3 fully saturated rings. The molecule has 6 atom stereocenters. The average molecular weight is 463 g/mol. The quantitative estimate of drug-likeness (QED) is 0.322. The van der Waals surface area contributed by atoms with Gasteiger partial charge in [0, 0.05) is 5.92 Å². The smallest absolute Gasteiger partial charge is 0.338 e. The molecule has 0 unspecified atom stereocenters. The molecule has 31 heavy (non-hydrogen) atoms. The number of rotatable bonds is 10. The van der Waals surface area contributed by atoms with Crippen LogP contribution in [0.5, 0.6) is 0 Å². The highest BCUT2D eigenvalue weighted by Gasteiger charge is 2.61. The highest BCUT2D eigenvalue weighted by Crippen LogP contribution is 2.60. The number of benzene rings is 1. The van der Waals surface area contributed by atoms with Crippen LogP contribution in [0.1, 0.15) is 75.1 Å². The number of fused-ring (bicyclic) bond motifs is 2. The van der Waals surface area contributed by atoms with Crippen LogP contribution in [-0.4, -0.2) is 39.4 Å². The van der Waals surface area contributed by atoms with Crippen molar-refractivity contribution in [2.75, 3.05) is 11.5 Å². The molecule has 2 bridgehead atoms. The highest BCUT2D eigenvalue weighted by atomic mass is 32.2. The van der Waals surface area contributed by atoms with Gasteiger partial charge in [-0.05, 0) is 60.7 Å². The van der Waals surface area contributed by atoms with E-state index in [0.717, 1.165) is 6.42 Å². The van der Waals surface area contributed by atoms with Crippen LogP contribution in [0.15, 0.2) is 30.3 Å². The fraction of sp³-hybridized carbons (Fsp3) is 0.731. The molecule has 1 aromatic rings. The zero-order chi connectivity index (χ0) is 21.6. The van der Waals surface area contributed by atoms with Gasteiger partial charge in [-0.3, -0.25) is 0 Å². The van der Waals surface area contributed by atoms with Crippen molar-refractivity contribution in [2.24, 2.45) is 23.7 Å². The SMILES string of the molecule is CCCCCCCC[C@H]1[C@@H]2C[C@H](OC(=O)c3ccccc3)[C@@H]([C@@H]2O)[C@@H]1C1SCCCS1. The Morgan fingerprint density at radius 3 is 2.48 bits per heavy atom. The molecule has 5 heteroatoms. The van der Waals surface area contributed by atoms with E-state index in [9.17, 15) is 9.90 Å². The Balaban J connectivity index is 1.42. The number of carbonyl (C=O) groups excluding carboxylic acids is 1. The van der Waals surface area contributed by atoms with E-state index < -0.39 is 0 Å². The maximum absolute atomic E-state index is 12.7. The maximum Gasteiger partial charge on any atom is 0.338 e. The molecule has 0 spiro atoms. The van der Waals surface area contributed by atoms with Crippen molar-refractivity contribution < 1.29 is 14.6 Å². The molecule has 0 aromatic heterocycles. The molecule has 172 valence electrons. The van der Waals surface area contributed by atoms with E-state index in [0.29, 0.717) is 27.9 Å². The summed E-state index contributed by atoms with van der Waals surface area (Å²) in [4.78, 5) is 12.7. The standard InChI is InChI=1S/C26H38O3S2/c1-2-3-4-5-6-10-14-19-20-17-21(29-25(28)18-12-8-7-9-13-18)23(24(20)27)22(19)26-30-15-11-16-31-26/h7-9,12-13,19-24,26-27H,2-6,10-11,14-17H2,1H3/t19-,20-,21-,22+,23+,24+/m0/s1. The topological polar surface area (TPSA) is 46.5 Å². The van der Waals surface area contributed by atoms with Gasteiger partial charge in [-0.2, -0.15) is 0 Å². The summed E-state index contributed by atoms with van der Waals surface area (Å²) in [6.45, 7) is 2.27. The third-order valence-corrected chi connectivity index (χ3v) is 10.7. The summed E-state index contributed by atoms with van der Waals surface area (Å²) in [7, 11) is 0. The molecule has 1 heterocycles. The Labute approximate surface area is 196 Å². The third-order valence-electron chi connectivity index (χ3n) is 7.58. The Morgan fingerprint density at radius 2 is 1.74 bits per heavy atom. The Morgan fingerprint density at radius 1 is 1.03 bits per heavy atom. The average Bonchev–Trinajstić information content (AvgIpc) is 3.26. The second-order valence-electron chi connectivity index (χ2n) is 9.54. The van der Waals surface area contributed by atoms with Gasteiger partial charge in [0.05, 0.1) is 16.2 Å². The highest BCUT2D eigenvalue weighted by molar-refractivity contribution is 8.17. The summed E-state index contributed by atoms with van der Waals surface area (Å²) >= 11 is 4.17. The van der Waals surface area contributed by atoms with Crippen molar-refractivity contribution in [1.29, 1.82) is 0 Å². The van der Waals surface area contributed by atoms with Crippen LogP contribution in [-0.2, 0) is 4.74 Å². The molecule has 0 radical (unpaired) electrons. The van der Waals surface area contributed by atoms with E-state index >= 15 is 0 Å². The molecular formula is C26H38O3S2. The zero-order valence-electron chi connectivity index (χ0n) is 18.8. The number of aliphatic hydroxyl groups is 1. The van der Waals surface area contributed by atoms with Crippen LogP contribution in [0.4, 0.5) is 0 Å². The van der Waals surface area contributed by atoms with Gasteiger partial charge in [0.15, 0.2) is 0 Å². The number of esters is 1. The van der Waals surface area contributed by atoms with Crippen LogP contribution in [0.3, 0.4) is 0 Å². The lowest BCUT2D eigenvalue weighted by Crippen LogP contribution is -2.40. The predicted octanol–water partition coefficient (Wildman–Crippen LogP) is 6.40. The molecule has 2 aliphatic carbocycles. The number of aliphatic hydroxyl groups excluding tert-OH is 1. The lowest BCUT2D eigenvalue weighted by Gasteiger charge is -2.40. The van der Waals surface area contributed by atoms with Crippen LogP contribution in [0, 0.1) is 23.7 Å². The van der Waals surface area contributed by atoms with Crippen LogP contribution < -0.4 is 0 Å². The Hall–Kier alpha value is -0.650. The maximum atomic E-state index is 12.7. The molecule has 1 aliphatic heterocycles. The minimum atomic E-state index is -0.313. The van der Waals surface area contributed by atoms with Gasteiger partial charge in [-0.25, -0.2) is 4.79 Å². The fourth-order valence-corrected chi connectivity index (χ4v) is 9.57. The summed E-state index contributed by atoms with van der Waals surface area (Å²) in [6.07, 6.45) is 10.8. The molecule has 1 saturated heterocycles. The third kappa shape index (κ3) is 5.47. The van der Waals surface area contributed by atoms with Crippen molar-refractivity contribution in [2.45, 2.75) is 81.5 Å². The molecule has 3 nitrogen and oxygen atoms in total. The lowest BCUT2D eigenvalue weighted by atomic mass is 9.76. The summed E-state index contributed by atoms with van der Waals surface area (Å²) in [6, 6.07) is 9.30. The van der Waals surface area contributed by atoms with Crippen molar-refractivity contribution >= 4 is 29.5 Å². The van der Waals surface area contributed by atoms with Gasteiger partial charge in [0.25, 0.3) is 0 Å². The van der Waals surface area contributed by atoms with Gasteiger partial charge >= 0.3 is 5.97 Å². The van der Waals surface area contributed by atoms with Gasteiger partial charge in [0.1, 0.15) is 6.10 Å². The van der Waals surface area contributed by atoms with Crippen LogP contribution >= 0.6 is 23.5 Å². The summed E-state index contributed by atoms with van der Waals surface area (Å²) in [5.41, 5.74) is 0.612. The molecule has 2 saturated carbocycles. The summed E-state index contributed by atoms with van der Waals surface area (Å²) in [5, 5.41) is 11.2. The predicted molar refractivity (Wildman–Crippen MR) is 132 cm³/mol. The van der Waals surface area contributed by atoms with Crippen molar-refractivity contribution in [1.82, 2.24) is 0 Å². The van der Waals surface area contributed by atoms with Crippen molar-refractivity contribution in [3.8, 4) is 0 Å². The number of thioether (sulfide) groups is 2. The molecule has 0 amide bonds.